The molecule has 0 saturated carbocycles. The summed E-state index contributed by atoms with van der Waals surface area (Å²) in [5, 5.41) is 4.43. The minimum Gasteiger partial charge on any atom is -0.313 e. The third kappa shape index (κ3) is 4.27. The Morgan fingerprint density at radius 3 is 2.83 bits per heavy atom. The zero-order chi connectivity index (χ0) is 12.8. The van der Waals surface area contributed by atoms with Gasteiger partial charge in [0.2, 0.25) is 0 Å². The Hall–Kier alpha value is -0.570. The van der Waals surface area contributed by atoms with E-state index < -0.39 is 0 Å². The zero-order valence-electron chi connectivity index (χ0n) is 11.2. The first kappa shape index (κ1) is 13.9. The fourth-order valence-corrected chi connectivity index (χ4v) is 2.62. The van der Waals surface area contributed by atoms with Gasteiger partial charge < -0.3 is 10.2 Å². The van der Waals surface area contributed by atoms with Crippen molar-refractivity contribution in [1.82, 2.24) is 10.2 Å². The van der Waals surface area contributed by atoms with E-state index in [4.69, 9.17) is 11.6 Å². The molecule has 1 aliphatic rings. The van der Waals surface area contributed by atoms with Gasteiger partial charge in [-0.15, -0.1) is 0 Å². The molecule has 18 heavy (non-hydrogen) atoms. The number of benzene rings is 1. The molecule has 1 saturated heterocycles. The molecule has 0 bridgehead atoms. The molecule has 1 fully saturated rings. The van der Waals surface area contributed by atoms with Gasteiger partial charge in [0.15, 0.2) is 0 Å². The third-order valence-electron chi connectivity index (χ3n) is 3.69. The minimum atomic E-state index is 0.665. The van der Waals surface area contributed by atoms with Gasteiger partial charge in [-0.3, -0.25) is 0 Å². The van der Waals surface area contributed by atoms with Gasteiger partial charge in [0, 0.05) is 24.2 Å². The zero-order valence-corrected chi connectivity index (χ0v) is 11.9. The molecule has 100 valence electrons. The average molecular weight is 267 g/mol. The lowest BCUT2D eigenvalue weighted by Crippen LogP contribution is -2.37. The van der Waals surface area contributed by atoms with E-state index in [1.165, 1.54) is 31.5 Å². The molecule has 1 aromatic carbocycles. The largest absolute Gasteiger partial charge is 0.313 e. The van der Waals surface area contributed by atoms with Gasteiger partial charge in [-0.2, -0.15) is 0 Å². The number of hydrogen-bond donors (Lipinski definition) is 1. The second kappa shape index (κ2) is 7.13. The quantitative estimate of drug-likeness (QED) is 0.902. The lowest BCUT2D eigenvalue weighted by Gasteiger charge is -2.23. The molecular formula is C15H23ClN2. The number of rotatable bonds is 4. The maximum absolute atomic E-state index is 5.90. The molecule has 2 rings (SSSR count). The highest BCUT2D eigenvalue weighted by molar-refractivity contribution is 6.30. The fourth-order valence-electron chi connectivity index (χ4n) is 2.49. The highest BCUT2D eigenvalue weighted by Gasteiger charge is 2.15. The summed E-state index contributed by atoms with van der Waals surface area (Å²) >= 11 is 5.90. The Labute approximate surface area is 115 Å². The molecule has 0 aromatic heterocycles. The Bertz CT molecular complexity index is 350. The second-order valence-electron chi connectivity index (χ2n) is 5.09. The Morgan fingerprint density at radius 2 is 2.11 bits per heavy atom. The van der Waals surface area contributed by atoms with Crippen molar-refractivity contribution in [3.8, 4) is 0 Å². The molecule has 0 radical (unpaired) electrons. The summed E-state index contributed by atoms with van der Waals surface area (Å²) < 4.78 is 0. The molecule has 1 aliphatic heterocycles. The fraction of sp³-hybridized carbons (Fsp3) is 0.600. The van der Waals surface area contributed by atoms with Crippen LogP contribution in [0, 0.1) is 0 Å². The molecule has 0 amide bonds. The predicted molar refractivity (Wildman–Crippen MR) is 78.3 cm³/mol. The summed E-state index contributed by atoms with van der Waals surface area (Å²) in [6, 6.07) is 8.90. The van der Waals surface area contributed by atoms with Crippen molar-refractivity contribution in [2.75, 3.05) is 26.2 Å². The number of hydrogen-bond acceptors (Lipinski definition) is 2. The standard InChI is InChI=1S/C15H23ClN2/c1-2-15-12-18(10-3-9-17-15)11-8-13-4-6-14(16)7-5-13/h4-7,15,17H,2-3,8-12H2,1H3. The molecule has 3 heteroatoms. The SMILES string of the molecule is CCC1CN(CCc2ccc(Cl)cc2)CCCN1. The first-order valence-corrected chi connectivity index (χ1v) is 7.36. The van der Waals surface area contributed by atoms with Crippen LogP contribution in [0.2, 0.25) is 5.02 Å². The molecule has 2 nitrogen and oxygen atoms in total. The van der Waals surface area contributed by atoms with Crippen molar-refractivity contribution in [3.05, 3.63) is 34.9 Å². The average Bonchev–Trinajstić information content (AvgIpc) is 2.63. The summed E-state index contributed by atoms with van der Waals surface area (Å²) in [6.07, 6.45) is 3.60. The molecule has 1 unspecified atom stereocenters. The van der Waals surface area contributed by atoms with Crippen LogP contribution >= 0.6 is 11.6 Å². The Morgan fingerprint density at radius 1 is 1.33 bits per heavy atom. The van der Waals surface area contributed by atoms with Gasteiger partial charge in [0.25, 0.3) is 0 Å². The van der Waals surface area contributed by atoms with E-state index >= 15 is 0 Å². The third-order valence-corrected chi connectivity index (χ3v) is 3.94. The van der Waals surface area contributed by atoms with Crippen LogP contribution in [0.5, 0.6) is 0 Å². The predicted octanol–water partition coefficient (Wildman–Crippen LogP) is 2.96. The normalized spacial score (nSPS) is 21.8. The summed E-state index contributed by atoms with van der Waals surface area (Å²) in [7, 11) is 0. The molecule has 1 aromatic rings. The van der Waals surface area contributed by atoms with Gasteiger partial charge in [-0.25, -0.2) is 0 Å². The van der Waals surface area contributed by atoms with Crippen LogP contribution in [0.3, 0.4) is 0 Å². The number of nitrogens with zero attached hydrogens (tertiary/aromatic N) is 1. The van der Waals surface area contributed by atoms with Crippen molar-refractivity contribution >= 4 is 11.6 Å². The molecule has 1 heterocycles. The maximum atomic E-state index is 5.90. The highest BCUT2D eigenvalue weighted by atomic mass is 35.5. The van der Waals surface area contributed by atoms with E-state index in [1.807, 2.05) is 12.1 Å². The lowest BCUT2D eigenvalue weighted by atomic mass is 10.1. The van der Waals surface area contributed by atoms with E-state index in [0.29, 0.717) is 6.04 Å². The van der Waals surface area contributed by atoms with E-state index in [1.54, 1.807) is 0 Å². The lowest BCUT2D eigenvalue weighted by molar-refractivity contribution is 0.268. The first-order chi connectivity index (χ1) is 8.78. The highest BCUT2D eigenvalue weighted by Crippen LogP contribution is 2.11. The Balaban J connectivity index is 1.83. The number of halogens is 1. The smallest absolute Gasteiger partial charge is 0.0406 e. The van der Waals surface area contributed by atoms with Crippen LogP contribution in [-0.4, -0.2) is 37.1 Å². The van der Waals surface area contributed by atoms with E-state index in [9.17, 15) is 0 Å². The van der Waals surface area contributed by atoms with Crippen molar-refractivity contribution < 1.29 is 0 Å². The number of nitrogens with one attached hydrogen (secondary N) is 1. The van der Waals surface area contributed by atoms with Crippen LogP contribution in [-0.2, 0) is 6.42 Å². The van der Waals surface area contributed by atoms with Gasteiger partial charge in [-0.1, -0.05) is 30.7 Å². The topological polar surface area (TPSA) is 15.3 Å². The monoisotopic (exact) mass is 266 g/mol. The van der Waals surface area contributed by atoms with Crippen LogP contribution in [0.1, 0.15) is 25.3 Å². The van der Waals surface area contributed by atoms with Crippen molar-refractivity contribution in [3.63, 3.8) is 0 Å². The van der Waals surface area contributed by atoms with Crippen LogP contribution < -0.4 is 5.32 Å². The summed E-state index contributed by atoms with van der Waals surface area (Å²) in [4.78, 5) is 2.59. The van der Waals surface area contributed by atoms with E-state index in [-0.39, 0.29) is 0 Å². The van der Waals surface area contributed by atoms with Crippen LogP contribution in [0.25, 0.3) is 0 Å². The van der Waals surface area contributed by atoms with Gasteiger partial charge >= 0.3 is 0 Å². The molecule has 1 N–H and O–H groups in total. The first-order valence-electron chi connectivity index (χ1n) is 6.98. The molecule has 1 atom stereocenters. The molecular weight excluding hydrogens is 244 g/mol. The van der Waals surface area contributed by atoms with E-state index in [2.05, 4.69) is 29.3 Å². The van der Waals surface area contributed by atoms with E-state index in [0.717, 1.165) is 24.5 Å². The summed E-state index contributed by atoms with van der Waals surface area (Å²) in [6.45, 7) is 6.98. The van der Waals surface area contributed by atoms with Crippen molar-refractivity contribution in [2.45, 2.75) is 32.2 Å². The van der Waals surface area contributed by atoms with Gasteiger partial charge in [0.1, 0.15) is 0 Å². The van der Waals surface area contributed by atoms with Gasteiger partial charge in [0.05, 0.1) is 0 Å². The van der Waals surface area contributed by atoms with Gasteiger partial charge in [-0.05, 0) is 50.0 Å². The van der Waals surface area contributed by atoms with Crippen molar-refractivity contribution in [1.29, 1.82) is 0 Å². The summed E-state index contributed by atoms with van der Waals surface area (Å²) in [5.74, 6) is 0. The Kier molecular flexibility index (Phi) is 5.48. The molecule has 0 aliphatic carbocycles. The van der Waals surface area contributed by atoms with Crippen molar-refractivity contribution in [2.24, 2.45) is 0 Å². The van der Waals surface area contributed by atoms with Crippen LogP contribution in [0.15, 0.2) is 24.3 Å². The maximum Gasteiger partial charge on any atom is 0.0406 e. The molecule has 0 spiro atoms. The van der Waals surface area contributed by atoms with Crippen LogP contribution in [0.4, 0.5) is 0 Å². The second-order valence-corrected chi connectivity index (χ2v) is 5.53. The minimum absolute atomic E-state index is 0.665. The summed E-state index contributed by atoms with van der Waals surface area (Å²) in [5.41, 5.74) is 1.38.